The Labute approximate surface area is 116 Å². The highest BCUT2D eigenvalue weighted by atomic mass is 32.2. The van der Waals surface area contributed by atoms with Gasteiger partial charge in [0.1, 0.15) is 5.75 Å². The lowest BCUT2D eigenvalue weighted by atomic mass is 9.97. The van der Waals surface area contributed by atoms with Crippen molar-refractivity contribution in [3.8, 4) is 0 Å². The van der Waals surface area contributed by atoms with Crippen LogP contribution in [0.1, 0.15) is 33.1 Å². The molecule has 1 amide bonds. The molecule has 0 aromatic heterocycles. The fourth-order valence-electron chi connectivity index (χ4n) is 2.04. The van der Waals surface area contributed by atoms with Crippen LogP contribution in [0.3, 0.4) is 0 Å². The summed E-state index contributed by atoms with van der Waals surface area (Å²) in [6.07, 6.45) is 1.86. The Hall–Kier alpha value is -0.910. The predicted molar refractivity (Wildman–Crippen MR) is 74.3 cm³/mol. The van der Waals surface area contributed by atoms with Gasteiger partial charge in [-0.2, -0.15) is 0 Å². The number of hydrogen-bond acceptors (Lipinski definition) is 3. The van der Waals surface area contributed by atoms with Crippen LogP contribution in [0.25, 0.3) is 0 Å². The second-order valence-corrected chi connectivity index (χ2v) is 7.04. The predicted octanol–water partition coefficient (Wildman–Crippen LogP) is 1.10. The van der Waals surface area contributed by atoms with Gasteiger partial charge in [0.15, 0.2) is 0 Å². The van der Waals surface area contributed by atoms with Gasteiger partial charge >= 0.3 is 5.97 Å². The number of carboxylic acid groups (broad SMARTS) is 1. The maximum atomic E-state index is 11.9. The lowest BCUT2D eigenvalue weighted by molar-refractivity contribution is -0.145. The molecule has 1 fully saturated rings. The summed E-state index contributed by atoms with van der Waals surface area (Å²) < 4.78 is 11.7. The highest BCUT2D eigenvalue weighted by molar-refractivity contribution is 7.85. The molecule has 0 spiro atoms. The molecule has 19 heavy (non-hydrogen) atoms. The monoisotopic (exact) mass is 289 g/mol. The number of aliphatic carboxylic acids is 1. The van der Waals surface area contributed by atoms with Crippen LogP contribution in [0.4, 0.5) is 0 Å². The third-order valence-corrected chi connectivity index (χ3v) is 4.66. The minimum Gasteiger partial charge on any atom is -0.481 e. The van der Waals surface area contributed by atoms with Crippen molar-refractivity contribution in [1.29, 1.82) is 0 Å². The number of amides is 1. The highest BCUT2D eigenvalue weighted by Gasteiger charge is 2.27. The maximum absolute atomic E-state index is 11.9. The van der Waals surface area contributed by atoms with E-state index in [0.717, 1.165) is 6.42 Å². The van der Waals surface area contributed by atoms with E-state index in [2.05, 4.69) is 13.8 Å². The number of piperidine rings is 1. The molecule has 1 rings (SSSR count). The summed E-state index contributed by atoms with van der Waals surface area (Å²) in [5.41, 5.74) is 0. The molecular weight excluding hydrogens is 266 g/mol. The van der Waals surface area contributed by atoms with E-state index in [0.29, 0.717) is 37.6 Å². The van der Waals surface area contributed by atoms with Crippen LogP contribution in [0, 0.1) is 11.8 Å². The van der Waals surface area contributed by atoms with Crippen molar-refractivity contribution in [2.75, 3.05) is 24.6 Å². The fourth-order valence-corrected chi connectivity index (χ4v) is 3.38. The summed E-state index contributed by atoms with van der Waals surface area (Å²) in [6.45, 7) is 5.07. The number of nitrogens with zero attached hydrogens (tertiary/aromatic N) is 1. The third-order valence-electron chi connectivity index (χ3n) is 3.40. The largest absolute Gasteiger partial charge is 0.481 e. The molecule has 0 aromatic rings. The molecule has 1 atom stereocenters. The van der Waals surface area contributed by atoms with Crippen LogP contribution in [-0.2, 0) is 20.4 Å². The first-order valence-electron chi connectivity index (χ1n) is 6.75. The van der Waals surface area contributed by atoms with Crippen LogP contribution in [-0.4, -0.2) is 50.7 Å². The minimum atomic E-state index is -1.10. The Morgan fingerprint density at radius 1 is 1.32 bits per heavy atom. The van der Waals surface area contributed by atoms with Crippen molar-refractivity contribution >= 4 is 22.7 Å². The Morgan fingerprint density at radius 2 is 1.89 bits per heavy atom. The molecular formula is C13H23NO4S. The smallest absolute Gasteiger partial charge is 0.306 e. The van der Waals surface area contributed by atoms with Gasteiger partial charge in [-0.3, -0.25) is 13.8 Å². The maximum Gasteiger partial charge on any atom is 0.306 e. The quantitative estimate of drug-likeness (QED) is 0.794. The van der Waals surface area contributed by atoms with Crippen LogP contribution >= 0.6 is 0 Å². The van der Waals surface area contributed by atoms with Crippen LogP contribution in [0.2, 0.25) is 0 Å². The summed E-state index contributed by atoms with van der Waals surface area (Å²) in [7, 11) is -1.10. The zero-order valence-electron chi connectivity index (χ0n) is 11.6. The van der Waals surface area contributed by atoms with Gasteiger partial charge in [0.2, 0.25) is 5.91 Å². The molecule has 6 heteroatoms. The van der Waals surface area contributed by atoms with Crippen molar-refractivity contribution in [2.45, 2.75) is 33.1 Å². The fraction of sp³-hybridized carbons (Fsp3) is 0.846. The number of carbonyl (C=O) groups excluding carboxylic acids is 1. The first-order chi connectivity index (χ1) is 8.90. The molecule has 1 saturated heterocycles. The second kappa shape index (κ2) is 7.62. The topological polar surface area (TPSA) is 74.7 Å². The second-order valence-electron chi connectivity index (χ2n) is 5.46. The van der Waals surface area contributed by atoms with Gasteiger partial charge < -0.3 is 10.0 Å². The van der Waals surface area contributed by atoms with E-state index < -0.39 is 16.8 Å². The molecule has 1 heterocycles. The van der Waals surface area contributed by atoms with Gasteiger partial charge in [-0.05, 0) is 25.2 Å². The molecule has 110 valence electrons. The Morgan fingerprint density at radius 3 is 2.37 bits per heavy atom. The van der Waals surface area contributed by atoms with E-state index in [-0.39, 0.29) is 17.6 Å². The van der Waals surface area contributed by atoms with E-state index in [1.54, 1.807) is 4.90 Å². The Kier molecular flexibility index (Phi) is 6.48. The average Bonchev–Trinajstić information content (AvgIpc) is 2.36. The molecule has 1 aliphatic rings. The van der Waals surface area contributed by atoms with E-state index in [1.807, 2.05) is 0 Å². The van der Waals surface area contributed by atoms with Crippen LogP contribution in [0.15, 0.2) is 0 Å². The lowest BCUT2D eigenvalue weighted by Gasteiger charge is -2.30. The highest BCUT2D eigenvalue weighted by Crippen LogP contribution is 2.17. The normalized spacial score (nSPS) is 18.6. The standard InChI is InChI=1S/C13H23NO4S/c1-10(2)5-8-19(18)9-12(15)14-6-3-11(4-7-14)13(16)17/h10-11H,3-9H2,1-2H3,(H,16,17). The molecule has 5 nitrogen and oxygen atoms in total. The van der Waals surface area contributed by atoms with Crippen molar-refractivity contribution in [3.63, 3.8) is 0 Å². The van der Waals surface area contributed by atoms with Gasteiger partial charge in [0.05, 0.1) is 5.92 Å². The first kappa shape index (κ1) is 16.1. The van der Waals surface area contributed by atoms with Crippen molar-refractivity contribution in [1.82, 2.24) is 4.90 Å². The van der Waals surface area contributed by atoms with Gasteiger partial charge in [0.25, 0.3) is 0 Å². The summed E-state index contributed by atoms with van der Waals surface area (Å²) in [4.78, 5) is 24.4. The molecule has 1 N–H and O–H groups in total. The molecule has 0 radical (unpaired) electrons. The number of carbonyl (C=O) groups is 2. The molecule has 0 saturated carbocycles. The summed E-state index contributed by atoms with van der Waals surface area (Å²) >= 11 is 0. The molecule has 0 aliphatic carbocycles. The number of likely N-dealkylation sites (tertiary alicyclic amines) is 1. The molecule has 0 bridgehead atoms. The van der Waals surface area contributed by atoms with E-state index in [9.17, 15) is 13.8 Å². The van der Waals surface area contributed by atoms with Crippen LogP contribution < -0.4 is 0 Å². The van der Waals surface area contributed by atoms with Crippen LogP contribution in [0.5, 0.6) is 0 Å². The van der Waals surface area contributed by atoms with Gasteiger partial charge in [0, 0.05) is 29.6 Å². The van der Waals surface area contributed by atoms with E-state index >= 15 is 0 Å². The summed E-state index contributed by atoms with van der Waals surface area (Å²) in [5, 5.41) is 8.88. The molecule has 0 aromatic carbocycles. The number of rotatable bonds is 6. The summed E-state index contributed by atoms with van der Waals surface area (Å²) in [5.74, 6) is -0.0983. The molecule has 1 unspecified atom stereocenters. The molecule has 1 aliphatic heterocycles. The van der Waals surface area contributed by atoms with Gasteiger partial charge in [-0.25, -0.2) is 0 Å². The zero-order valence-corrected chi connectivity index (χ0v) is 12.4. The van der Waals surface area contributed by atoms with Crippen molar-refractivity contribution in [2.24, 2.45) is 11.8 Å². The minimum absolute atomic E-state index is 0.0739. The van der Waals surface area contributed by atoms with E-state index in [4.69, 9.17) is 5.11 Å². The lowest BCUT2D eigenvalue weighted by Crippen LogP contribution is -2.42. The van der Waals surface area contributed by atoms with Crippen molar-refractivity contribution in [3.05, 3.63) is 0 Å². The Bertz CT molecular complexity index is 349. The number of carboxylic acids is 1. The van der Waals surface area contributed by atoms with E-state index in [1.165, 1.54) is 0 Å². The Balaban J connectivity index is 2.31. The zero-order chi connectivity index (χ0) is 14.4. The average molecular weight is 289 g/mol. The van der Waals surface area contributed by atoms with Gasteiger partial charge in [-0.15, -0.1) is 0 Å². The van der Waals surface area contributed by atoms with Gasteiger partial charge in [-0.1, -0.05) is 13.8 Å². The number of hydrogen-bond donors (Lipinski definition) is 1. The first-order valence-corrected chi connectivity index (χ1v) is 8.24. The SMILES string of the molecule is CC(C)CCS(=O)CC(=O)N1CCC(C(=O)O)CC1. The summed E-state index contributed by atoms with van der Waals surface area (Å²) in [6, 6.07) is 0. The third kappa shape index (κ3) is 5.72. The van der Waals surface area contributed by atoms with Crippen molar-refractivity contribution < 1.29 is 18.9 Å².